The molecule has 1 heterocycles. The van der Waals surface area contributed by atoms with Crippen LogP contribution in [0, 0.1) is 32.4 Å². The fourth-order valence-electron chi connectivity index (χ4n) is 3.57. The number of halogens is 2. The number of aryl methyl sites for hydroxylation is 4. The summed E-state index contributed by atoms with van der Waals surface area (Å²) in [5, 5.41) is 7.01. The molecule has 6 nitrogen and oxygen atoms in total. The Kier molecular flexibility index (Phi) is 6.19. The van der Waals surface area contributed by atoms with E-state index in [9.17, 15) is 18.4 Å². The molecule has 0 radical (unpaired) electrons. The summed E-state index contributed by atoms with van der Waals surface area (Å²) in [6, 6.07) is 7.01. The van der Waals surface area contributed by atoms with E-state index in [0.29, 0.717) is 5.69 Å². The SMILES string of the molecule is Cc1cc(C)c(NC(=O)CN(C)C(=O)c2cn(C)nc2-c2ccc(F)cc2F)c(C)c1. The van der Waals surface area contributed by atoms with Crippen LogP contribution >= 0.6 is 0 Å². The van der Waals surface area contributed by atoms with Crippen LogP contribution in [-0.2, 0) is 11.8 Å². The van der Waals surface area contributed by atoms with Crippen molar-refractivity contribution in [3.63, 3.8) is 0 Å². The summed E-state index contributed by atoms with van der Waals surface area (Å²) < 4.78 is 28.9. The van der Waals surface area contributed by atoms with Gasteiger partial charge in [0.2, 0.25) is 5.91 Å². The third-order valence-electron chi connectivity index (χ3n) is 4.91. The Labute approximate surface area is 179 Å². The Morgan fingerprint density at radius 1 is 1.10 bits per heavy atom. The van der Waals surface area contributed by atoms with Crippen molar-refractivity contribution in [3.8, 4) is 11.3 Å². The molecule has 0 unspecified atom stereocenters. The second-order valence-electron chi connectivity index (χ2n) is 7.67. The van der Waals surface area contributed by atoms with Gasteiger partial charge in [-0.15, -0.1) is 0 Å². The molecule has 3 rings (SSSR count). The largest absolute Gasteiger partial charge is 0.332 e. The summed E-state index contributed by atoms with van der Waals surface area (Å²) in [6.45, 7) is 5.59. The van der Waals surface area contributed by atoms with Gasteiger partial charge in [-0.05, 0) is 44.0 Å². The third-order valence-corrected chi connectivity index (χ3v) is 4.91. The molecule has 3 aromatic rings. The zero-order chi connectivity index (χ0) is 22.9. The van der Waals surface area contributed by atoms with Gasteiger partial charge in [0.15, 0.2) is 0 Å². The van der Waals surface area contributed by atoms with E-state index in [1.807, 2.05) is 32.9 Å². The maximum absolute atomic E-state index is 14.3. The number of carbonyl (C=O) groups excluding carboxylic acids is 2. The predicted molar refractivity (Wildman–Crippen MR) is 115 cm³/mol. The lowest BCUT2D eigenvalue weighted by Gasteiger charge is -2.18. The van der Waals surface area contributed by atoms with Crippen LogP contribution in [0.25, 0.3) is 11.3 Å². The number of carbonyl (C=O) groups is 2. The molecule has 0 fully saturated rings. The molecule has 2 aromatic carbocycles. The Bertz CT molecular complexity index is 1150. The van der Waals surface area contributed by atoms with Crippen LogP contribution in [0.5, 0.6) is 0 Å². The number of benzene rings is 2. The first-order valence-electron chi connectivity index (χ1n) is 9.69. The fraction of sp³-hybridized carbons (Fsp3) is 0.261. The first-order chi connectivity index (χ1) is 14.6. The van der Waals surface area contributed by atoms with Gasteiger partial charge in [-0.3, -0.25) is 14.3 Å². The minimum absolute atomic E-state index is 0.00843. The van der Waals surface area contributed by atoms with Gasteiger partial charge < -0.3 is 10.2 Å². The van der Waals surface area contributed by atoms with Crippen molar-refractivity contribution in [2.24, 2.45) is 7.05 Å². The Morgan fingerprint density at radius 2 is 1.74 bits per heavy atom. The van der Waals surface area contributed by atoms with Crippen LogP contribution in [0.4, 0.5) is 14.5 Å². The highest BCUT2D eigenvalue weighted by molar-refractivity contribution is 6.03. The van der Waals surface area contributed by atoms with Gasteiger partial charge in [0, 0.05) is 37.6 Å². The first-order valence-corrected chi connectivity index (χ1v) is 9.69. The van der Waals surface area contributed by atoms with Crippen molar-refractivity contribution in [3.05, 3.63) is 70.4 Å². The lowest BCUT2D eigenvalue weighted by Crippen LogP contribution is -2.35. The monoisotopic (exact) mass is 426 g/mol. The van der Waals surface area contributed by atoms with E-state index >= 15 is 0 Å². The normalized spacial score (nSPS) is 10.8. The summed E-state index contributed by atoms with van der Waals surface area (Å²) in [5.41, 5.74) is 3.88. The highest BCUT2D eigenvalue weighted by Crippen LogP contribution is 2.26. The first kappa shape index (κ1) is 22.1. The van der Waals surface area contributed by atoms with Gasteiger partial charge in [-0.1, -0.05) is 17.7 Å². The minimum Gasteiger partial charge on any atom is -0.332 e. The van der Waals surface area contributed by atoms with E-state index in [1.54, 1.807) is 7.05 Å². The molecule has 0 aliphatic carbocycles. The maximum atomic E-state index is 14.3. The van der Waals surface area contributed by atoms with E-state index < -0.39 is 17.5 Å². The maximum Gasteiger partial charge on any atom is 0.257 e. The number of nitrogens with one attached hydrogen (secondary N) is 1. The quantitative estimate of drug-likeness (QED) is 0.671. The highest BCUT2D eigenvalue weighted by Gasteiger charge is 2.24. The van der Waals surface area contributed by atoms with Crippen molar-refractivity contribution < 1.29 is 18.4 Å². The molecule has 0 bridgehead atoms. The smallest absolute Gasteiger partial charge is 0.257 e. The van der Waals surface area contributed by atoms with Crippen LogP contribution in [0.3, 0.4) is 0 Å². The van der Waals surface area contributed by atoms with Crippen molar-refractivity contribution in [1.29, 1.82) is 0 Å². The lowest BCUT2D eigenvalue weighted by atomic mass is 10.1. The summed E-state index contributed by atoms with van der Waals surface area (Å²) in [6.07, 6.45) is 1.45. The standard InChI is InChI=1S/C23H24F2N4O2/c1-13-8-14(2)21(15(3)9-13)26-20(30)12-28(4)23(31)18-11-29(5)27-22(18)17-7-6-16(24)10-19(17)25/h6-11H,12H2,1-5H3,(H,26,30). The number of anilines is 1. The summed E-state index contributed by atoms with van der Waals surface area (Å²) >= 11 is 0. The number of hydrogen-bond donors (Lipinski definition) is 1. The molecule has 0 aliphatic rings. The molecule has 0 saturated heterocycles. The van der Waals surface area contributed by atoms with E-state index in [0.717, 1.165) is 28.8 Å². The Morgan fingerprint density at radius 3 is 2.35 bits per heavy atom. The van der Waals surface area contributed by atoms with Gasteiger partial charge in [-0.2, -0.15) is 5.10 Å². The van der Waals surface area contributed by atoms with Gasteiger partial charge in [0.25, 0.3) is 5.91 Å². The molecule has 0 atom stereocenters. The van der Waals surface area contributed by atoms with E-state index in [4.69, 9.17) is 0 Å². The molecule has 8 heteroatoms. The zero-order valence-corrected chi connectivity index (χ0v) is 18.1. The molecular formula is C23H24F2N4O2. The van der Waals surface area contributed by atoms with Crippen molar-refractivity contribution in [1.82, 2.24) is 14.7 Å². The summed E-state index contributed by atoms with van der Waals surface area (Å²) in [5.74, 6) is -2.40. The lowest BCUT2D eigenvalue weighted by molar-refractivity contribution is -0.116. The average Bonchev–Trinajstić information content (AvgIpc) is 3.05. The fourth-order valence-corrected chi connectivity index (χ4v) is 3.57. The third kappa shape index (κ3) is 4.79. The predicted octanol–water partition coefficient (Wildman–Crippen LogP) is 4.00. The van der Waals surface area contributed by atoms with Crippen LogP contribution in [0.15, 0.2) is 36.5 Å². The van der Waals surface area contributed by atoms with E-state index in [2.05, 4.69) is 10.4 Å². The van der Waals surface area contributed by atoms with E-state index in [1.165, 1.54) is 28.9 Å². The number of aromatic nitrogens is 2. The van der Waals surface area contributed by atoms with Crippen molar-refractivity contribution in [2.45, 2.75) is 20.8 Å². The second-order valence-corrected chi connectivity index (χ2v) is 7.67. The molecule has 0 spiro atoms. The topological polar surface area (TPSA) is 67.2 Å². The van der Waals surface area contributed by atoms with Crippen molar-refractivity contribution in [2.75, 3.05) is 18.9 Å². The average molecular weight is 426 g/mol. The minimum atomic E-state index is -0.821. The molecule has 0 aliphatic heterocycles. The van der Waals surface area contributed by atoms with Gasteiger partial charge in [0.05, 0.1) is 12.1 Å². The number of rotatable bonds is 5. The molecule has 1 N–H and O–H groups in total. The second kappa shape index (κ2) is 8.67. The number of nitrogens with zero attached hydrogens (tertiary/aromatic N) is 3. The number of likely N-dealkylation sites (N-methyl/N-ethyl adjacent to an activating group) is 1. The molecule has 31 heavy (non-hydrogen) atoms. The highest BCUT2D eigenvalue weighted by atomic mass is 19.1. The molecule has 162 valence electrons. The number of amides is 2. The van der Waals surface area contributed by atoms with E-state index in [-0.39, 0.29) is 29.3 Å². The van der Waals surface area contributed by atoms with Gasteiger partial charge in [0.1, 0.15) is 17.3 Å². The van der Waals surface area contributed by atoms with Gasteiger partial charge in [-0.25, -0.2) is 8.78 Å². The van der Waals surface area contributed by atoms with Gasteiger partial charge >= 0.3 is 0 Å². The Hall–Kier alpha value is -3.55. The molecular weight excluding hydrogens is 402 g/mol. The summed E-state index contributed by atoms with van der Waals surface area (Å²) in [4.78, 5) is 26.8. The van der Waals surface area contributed by atoms with Crippen LogP contribution < -0.4 is 5.32 Å². The van der Waals surface area contributed by atoms with Crippen LogP contribution in [0.1, 0.15) is 27.0 Å². The van der Waals surface area contributed by atoms with Crippen LogP contribution in [-0.4, -0.2) is 40.1 Å². The number of hydrogen-bond acceptors (Lipinski definition) is 3. The van der Waals surface area contributed by atoms with Crippen LogP contribution in [0.2, 0.25) is 0 Å². The molecule has 2 amide bonds. The summed E-state index contributed by atoms with van der Waals surface area (Å²) in [7, 11) is 3.08. The molecule has 1 aromatic heterocycles. The van der Waals surface area contributed by atoms with Crippen molar-refractivity contribution >= 4 is 17.5 Å². The molecule has 0 saturated carbocycles. The zero-order valence-electron chi connectivity index (χ0n) is 18.1. The Balaban J connectivity index is 1.80.